The highest BCUT2D eigenvalue weighted by Crippen LogP contribution is 2.38. The molecule has 4 atom stereocenters. The summed E-state index contributed by atoms with van der Waals surface area (Å²) in [6.45, 7) is 8.81. The molecule has 2 fully saturated rings. The predicted octanol–water partition coefficient (Wildman–Crippen LogP) is 3.46. The maximum atomic E-state index is 14.7. The van der Waals surface area contributed by atoms with Gasteiger partial charge in [0.1, 0.15) is 21.2 Å². The summed E-state index contributed by atoms with van der Waals surface area (Å²) in [7, 11) is -3.04. The van der Waals surface area contributed by atoms with Gasteiger partial charge in [-0.15, -0.1) is 10.2 Å². The molecule has 4 heterocycles. The summed E-state index contributed by atoms with van der Waals surface area (Å²) >= 11 is 0. The van der Waals surface area contributed by atoms with Crippen molar-refractivity contribution in [1.82, 2.24) is 20.2 Å². The molecular weight excluding hydrogens is 521 g/mol. The maximum Gasteiger partial charge on any atom is 0.227 e. The topological polar surface area (TPSA) is 124 Å². The number of aliphatic hydroxyl groups excluding tert-OH is 1. The van der Waals surface area contributed by atoms with Crippen LogP contribution in [0, 0.1) is 5.92 Å². The summed E-state index contributed by atoms with van der Waals surface area (Å²) in [5.74, 6) is 1.91. The number of piperidine rings is 1. The van der Waals surface area contributed by atoms with Crippen molar-refractivity contribution in [1.29, 1.82) is 0 Å². The van der Waals surface area contributed by atoms with Crippen LogP contribution >= 0.6 is 0 Å². The van der Waals surface area contributed by atoms with Crippen LogP contribution in [0.15, 0.2) is 30.5 Å². The van der Waals surface area contributed by atoms with E-state index in [4.69, 9.17) is 0 Å². The quantitative estimate of drug-likeness (QED) is 0.446. The molecule has 12 heteroatoms. The molecule has 0 aliphatic carbocycles. The predicted molar refractivity (Wildman–Crippen MR) is 151 cm³/mol. The molecule has 2 aliphatic rings. The summed E-state index contributed by atoms with van der Waals surface area (Å²) in [5.41, 5.74) is 1.11. The number of anilines is 4. The fourth-order valence-corrected chi connectivity index (χ4v) is 6.69. The summed E-state index contributed by atoms with van der Waals surface area (Å²) in [5, 5.41) is 23.2. The van der Waals surface area contributed by atoms with Crippen molar-refractivity contribution in [2.75, 3.05) is 46.8 Å². The minimum absolute atomic E-state index is 0.00783. The van der Waals surface area contributed by atoms with Crippen molar-refractivity contribution in [2.45, 2.75) is 57.8 Å². The van der Waals surface area contributed by atoms with Crippen LogP contribution in [-0.4, -0.2) is 83.1 Å². The third-order valence-corrected chi connectivity index (χ3v) is 8.90. The maximum absolute atomic E-state index is 14.7. The normalized spacial score (nSPS) is 25.7. The van der Waals surface area contributed by atoms with E-state index in [2.05, 4.69) is 56.4 Å². The number of hydrogen-bond acceptors (Lipinski definition) is 10. The number of benzene rings is 1. The van der Waals surface area contributed by atoms with Gasteiger partial charge >= 0.3 is 0 Å². The number of halogens is 1. The Kier molecular flexibility index (Phi) is 7.13. The molecule has 5 rings (SSSR count). The molecule has 2 aliphatic heterocycles. The molecule has 39 heavy (non-hydrogen) atoms. The molecule has 10 nitrogen and oxygen atoms in total. The van der Waals surface area contributed by atoms with Gasteiger partial charge in [0.2, 0.25) is 5.95 Å². The third-order valence-electron chi connectivity index (χ3n) is 7.87. The Morgan fingerprint density at radius 2 is 2.00 bits per heavy atom. The molecular formula is C27H36FN7O3S. The van der Waals surface area contributed by atoms with Crippen molar-refractivity contribution in [3.63, 3.8) is 0 Å². The number of rotatable bonds is 7. The first-order valence-electron chi connectivity index (χ1n) is 13.3. The van der Waals surface area contributed by atoms with Gasteiger partial charge in [-0.25, -0.2) is 17.8 Å². The smallest absolute Gasteiger partial charge is 0.227 e. The molecule has 0 radical (unpaired) electrons. The SMILES string of the molecule is CC(C)c1ccc(N2C[C@H](CS(C)(=O)=O)[C@H]2C)c2nnc(Nc3ccnc(N4CC[C@@H](O)[C@@](C)(F)C4)n3)cc12. The Balaban J connectivity index is 1.41. The first-order chi connectivity index (χ1) is 18.3. The van der Waals surface area contributed by atoms with Crippen molar-refractivity contribution in [3.05, 3.63) is 36.0 Å². The highest BCUT2D eigenvalue weighted by atomic mass is 32.2. The zero-order valence-corrected chi connectivity index (χ0v) is 23.8. The van der Waals surface area contributed by atoms with Crippen molar-refractivity contribution in [3.8, 4) is 0 Å². The van der Waals surface area contributed by atoms with E-state index < -0.39 is 21.6 Å². The number of aliphatic hydroxyl groups is 1. The van der Waals surface area contributed by atoms with Gasteiger partial charge in [-0.2, -0.15) is 4.98 Å². The van der Waals surface area contributed by atoms with E-state index in [9.17, 15) is 17.9 Å². The molecule has 2 saturated heterocycles. The van der Waals surface area contributed by atoms with Gasteiger partial charge in [0.05, 0.1) is 24.1 Å². The van der Waals surface area contributed by atoms with Crippen LogP contribution in [-0.2, 0) is 9.84 Å². The van der Waals surface area contributed by atoms with Crippen LogP contribution < -0.4 is 15.1 Å². The van der Waals surface area contributed by atoms with Gasteiger partial charge in [-0.05, 0) is 49.9 Å². The Hall–Kier alpha value is -3.12. The molecule has 0 spiro atoms. The number of aromatic nitrogens is 4. The average Bonchev–Trinajstić information content (AvgIpc) is 2.86. The first kappa shape index (κ1) is 27.4. The molecule has 0 unspecified atom stereocenters. The van der Waals surface area contributed by atoms with Gasteiger partial charge < -0.3 is 20.2 Å². The number of hydrogen-bond donors (Lipinski definition) is 2. The second kappa shape index (κ2) is 10.1. The fraction of sp³-hybridized carbons (Fsp3) is 0.556. The first-order valence-corrected chi connectivity index (χ1v) is 15.3. The van der Waals surface area contributed by atoms with E-state index in [0.29, 0.717) is 37.1 Å². The van der Waals surface area contributed by atoms with Gasteiger partial charge in [0, 0.05) is 42.9 Å². The second-order valence-electron chi connectivity index (χ2n) is 11.4. The average molecular weight is 558 g/mol. The van der Waals surface area contributed by atoms with Crippen LogP contribution in [0.1, 0.15) is 45.6 Å². The molecule has 1 aromatic carbocycles. The fourth-order valence-electron chi connectivity index (χ4n) is 5.53. The summed E-state index contributed by atoms with van der Waals surface area (Å²) in [6, 6.07) is 7.90. The van der Waals surface area contributed by atoms with E-state index in [1.54, 1.807) is 17.2 Å². The van der Waals surface area contributed by atoms with Crippen LogP contribution in [0.4, 0.5) is 27.7 Å². The number of sulfone groups is 1. The summed E-state index contributed by atoms with van der Waals surface area (Å²) in [6.07, 6.45) is 2.18. The second-order valence-corrected chi connectivity index (χ2v) is 13.6. The van der Waals surface area contributed by atoms with Crippen LogP contribution in [0.5, 0.6) is 0 Å². The van der Waals surface area contributed by atoms with Crippen molar-refractivity contribution >= 4 is 44.0 Å². The minimum atomic E-state index is -3.04. The summed E-state index contributed by atoms with van der Waals surface area (Å²) < 4.78 is 38.3. The lowest BCUT2D eigenvalue weighted by Crippen LogP contribution is -2.57. The Morgan fingerprint density at radius 3 is 2.67 bits per heavy atom. The summed E-state index contributed by atoms with van der Waals surface area (Å²) in [4.78, 5) is 12.8. The lowest BCUT2D eigenvalue weighted by molar-refractivity contribution is -0.00860. The van der Waals surface area contributed by atoms with Crippen molar-refractivity contribution < 1.29 is 17.9 Å². The van der Waals surface area contributed by atoms with Gasteiger partial charge in [0.25, 0.3) is 0 Å². The molecule has 2 aromatic heterocycles. The highest BCUT2D eigenvalue weighted by Gasteiger charge is 2.40. The molecule has 2 N–H and O–H groups in total. The standard InChI is InChI=1S/C27H36FN7O3S/c1-16(2)19-6-7-21(35-13-18(17(35)3)14-39(5,37)38)25-20(19)12-24(32-33-25)30-23-8-10-29-26(31-23)34-11-9-22(36)27(4,28)15-34/h6-8,10,12,16-18,22,36H,9,11,13-15H2,1-5H3,(H,29,30,31,32)/t17-,18-,22-,27+/m1/s1. The zero-order valence-electron chi connectivity index (χ0n) is 23.0. The lowest BCUT2D eigenvalue weighted by atomic mass is 9.89. The van der Waals surface area contributed by atoms with Gasteiger partial charge in [-0.1, -0.05) is 19.9 Å². The Morgan fingerprint density at radius 1 is 1.23 bits per heavy atom. The third kappa shape index (κ3) is 5.62. The lowest BCUT2D eigenvalue weighted by Gasteiger charge is -2.48. The zero-order chi connectivity index (χ0) is 28.1. The minimum Gasteiger partial charge on any atom is -0.390 e. The van der Waals surface area contributed by atoms with E-state index in [1.165, 1.54) is 13.2 Å². The number of nitrogens with zero attached hydrogens (tertiary/aromatic N) is 6. The molecule has 0 saturated carbocycles. The molecule has 0 amide bonds. The van der Waals surface area contributed by atoms with Crippen LogP contribution in [0.3, 0.4) is 0 Å². The Bertz CT molecular complexity index is 1480. The highest BCUT2D eigenvalue weighted by molar-refractivity contribution is 7.90. The number of fused-ring (bicyclic) bond motifs is 1. The Labute approximate surface area is 228 Å². The molecule has 0 bridgehead atoms. The van der Waals surface area contributed by atoms with Crippen LogP contribution in [0.2, 0.25) is 0 Å². The van der Waals surface area contributed by atoms with E-state index in [-0.39, 0.29) is 30.2 Å². The van der Waals surface area contributed by atoms with E-state index >= 15 is 0 Å². The number of alkyl halides is 1. The van der Waals surface area contributed by atoms with Crippen LogP contribution in [0.25, 0.3) is 10.9 Å². The molecule has 210 valence electrons. The van der Waals surface area contributed by atoms with E-state index in [1.807, 2.05) is 13.0 Å². The number of nitrogens with one attached hydrogen (secondary N) is 1. The van der Waals surface area contributed by atoms with Gasteiger partial charge in [0.15, 0.2) is 11.5 Å². The van der Waals surface area contributed by atoms with E-state index in [0.717, 1.165) is 22.2 Å². The van der Waals surface area contributed by atoms with Crippen molar-refractivity contribution in [2.24, 2.45) is 5.92 Å². The monoisotopic (exact) mass is 557 g/mol. The van der Waals surface area contributed by atoms with Gasteiger partial charge in [-0.3, -0.25) is 0 Å². The largest absolute Gasteiger partial charge is 0.390 e. The molecule has 3 aromatic rings.